The topological polar surface area (TPSA) is 55.4 Å². The van der Waals surface area contributed by atoms with Gasteiger partial charge in [0.15, 0.2) is 0 Å². The van der Waals surface area contributed by atoms with Crippen molar-refractivity contribution in [1.82, 2.24) is 4.72 Å². The number of alkyl halides is 1. The van der Waals surface area contributed by atoms with Crippen molar-refractivity contribution < 1.29 is 12.8 Å². The molecule has 0 radical (unpaired) electrons. The van der Waals surface area contributed by atoms with Gasteiger partial charge in [0.25, 0.3) is 0 Å². The fourth-order valence-electron chi connectivity index (χ4n) is 6.07. The van der Waals surface area contributed by atoms with Crippen molar-refractivity contribution in [2.24, 2.45) is 5.92 Å². The molecule has 222 valence electrons. The van der Waals surface area contributed by atoms with Gasteiger partial charge >= 0.3 is 8.32 Å². The Labute approximate surface area is 266 Å². The highest BCUT2D eigenvalue weighted by molar-refractivity contribution is 7.89. The lowest BCUT2D eigenvalue weighted by molar-refractivity contribution is 0.307. The van der Waals surface area contributed by atoms with Crippen LogP contribution in [0.4, 0.5) is 0 Å². The van der Waals surface area contributed by atoms with Gasteiger partial charge in [-0.25, -0.2) is 13.1 Å². The average molecular weight is 636 g/mol. The number of hydrogen-bond donors (Lipinski definition) is 1. The molecular formula is C37H34ClNO3SSi. The van der Waals surface area contributed by atoms with Crippen molar-refractivity contribution in [2.75, 3.05) is 5.88 Å². The number of hydrogen-bond acceptors (Lipinski definition) is 3. The monoisotopic (exact) mass is 635 g/mol. The minimum Gasteiger partial charge on any atom is -0.533 e. The summed E-state index contributed by atoms with van der Waals surface area (Å²) in [4.78, 5) is 0.217. The number of nitrogens with one attached hydrogen (secondary N) is 1. The molecule has 1 N–H and O–H groups in total. The summed E-state index contributed by atoms with van der Waals surface area (Å²) < 4.78 is 38.3. The van der Waals surface area contributed by atoms with E-state index in [4.69, 9.17) is 16.0 Å². The molecule has 0 unspecified atom stereocenters. The van der Waals surface area contributed by atoms with E-state index in [9.17, 15) is 8.42 Å². The van der Waals surface area contributed by atoms with Crippen LogP contribution in [0.5, 0.6) is 0 Å². The average Bonchev–Trinajstić information content (AvgIpc) is 3.07. The number of aryl methyl sites for hydroxylation is 1. The highest BCUT2D eigenvalue weighted by Gasteiger charge is 2.49. The van der Waals surface area contributed by atoms with E-state index in [0.29, 0.717) is 12.3 Å². The molecule has 0 spiro atoms. The van der Waals surface area contributed by atoms with Crippen LogP contribution in [0.2, 0.25) is 0 Å². The number of rotatable bonds is 10. The van der Waals surface area contributed by atoms with Crippen LogP contribution in [0.1, 0.15) is 29.2 Å². The Bertz CT molecular complexity index is 1810. The molecule has 5 aromatic rings. The zero-order chi connectivity index (χ0) is 30.6. The maximum absolute atomic E-state index is 13.9. The van der Waals surface area contributed by atoms with E-state index in [0.717, 1.165) is 38.0 Å². The van der Waals surface area contributed by atoms with Crippen LogP contribution in [0.15, 0.2) is 150 Å². The van der Waals surface area contributed by atoms with E-state index >= 15 is 0 Å². The van der Waals surface area contributed by atoms with Crippen molar-refractivity contribution >= 4 is 51.6 Å². The molecule has 0 amide bonds. The first-order chi connectivity index (χ1) is 21.4. The minimum atomic E-state index is -3.88. The Morgan fingerprint density at radius 2 is 1.27 bits per heavy atom. The molecule has 0 aliphatic carbocycles. The van der Waals surface area contributed by atoms with E-state index in [1.165, 1.54) is 0 Å². The summed E-state index contributed by atoms with van der Waals surface area (Å²) in [6.45, 7) is 1.94. The highest BCUT2D eigenvalue weighted by Crippen LogP contribution is 2.38. The molecule has 0 bridgehead atoms. The van der Waals surface area contributed by atoms with Crippen molar-refractivity contribution in [1.29, 1.82) is 0 Å². The second-order valence-corrected chi connectivity index (χ2v) is 16.4. The molecule has 5 aromatic carbocycles. The molecule has 4 nitrogen and oxygen atoms in total. The lowest BCUT2D eigenvalue weighted by atomic mass is 9.89. The van der Waals surface area contributed by atoms with Gasteiger partial charge in [0.1, 0.15) is 0 Å². The van der Waals surface area contributed by atoms with Crippen LogP contribution >= 0.6 is 11.6 Å². The van der Waals surface area contributed by atoms with Crippen LogP contribution < -0.4 is 20.3 Å². The smallest absolute Gasteiger partial charge is 0.347 e. The first-order valence-corrected chi connectivity index (χ1v) is 18.7. The molecule has 7 heteroatoms. The molecule has 6 rings (SSSR count). The molecular weight excluding hydrogens is 602 g/mol. The third kappa shape index (κ3) is 5.91. The van der Waals surface area contributed by atoms with Crippen LogP contribution in [-0.2, 0) is 14.4 Å². The number of benzene rings is 5. The third-order valence-electron chi connectivity index (χ3n) is 8.23. The van der Waals surface area contributed by atoms with Crippen molar-refractivity contribution in [3.05, 3.63) is 162 Å². The first kappa shape index (κ1) is 30.1. The normalized spacial score (nSPS) is 15.4. The molecule has 0 fully saturated rings. The molecule has 1 heterocycles. The van der Waals surface area contributed by atoms with E-state index in [-0.39, 0.29) is 10.8 Å². The summed E-state index contributed by atoms with van der Waals surface area (Å²) in [7, 11) is -6.96. The van der Waals surface area contributed by atoms with Crippen LogP contribution in [0.3, 0.4) is 0 Å². The summed E-state index contributed by atoms with van der Waals surface area (Å²) in [6, 6.07) is 45.2. The van der Waals surface area contributed by atoms with Gasteiger partial charge in [0, 0.05) is 11.8 Å². The van der Waals surface area contributed by atoms with Crippen molar-refractivity contribution in [2.45, 2.75) is 24.3 Å². The lowest BCUT2D eigenvalue weighted by Crippen LogP contribution is -2.71. The van der Waals surface area contributed by atoms with Crippen molar-refractivity contribution in [3.8, 4) is 0 Å². The predicted octanol–water partition coefficient (Wildman–Crippen LogP) is 6.30. The Morgan fingerprint density at radius 1 is 0.727 bits per heavy atom. The van der Waals surface area contributed by atoms with Crippen LogP contribution in [0.25, 0.3) is 6.08 Å². The Hall–Kier alpha value is -3.94. The second kappa shape index (κ2) is 13.0. The standard InChI is InChI=1S/C37H34ClNO3SSi/c1-28-21-23-31(24-22-28)43(40,41)39-37(29-13-5-2-6-14-29)34(25-26-38)35-27-30-15-11-12-20-36(30)44(42-35,32-16-7-3-8-17-32)33-18-9-4-10-19-33/h2-24,27,34,37,39H,25-26H2,1H3/t34-,37-/m0/s1. The molecule has 44 heavy (non-hydrogen) atoms. The highest BCUT2D eigenvalue weighted by atomic mass is 35.5. The molecule has 2 atom stereocenters. The number of sulfonamides is 1. The third-order valence-corrected chi connectivity index (χ3v) is 14.0. The zero-order valence-corrected chi connectivity index (χ0v) is 27.0. The lowest BCUT2D eigenvalue weighted by Gasteiger charge is -2.41. The first-order valence-electron chi connectivity index (χ1n) is 14.7. The van der Waals surface area contributed by atoms with Gasteiger partial charge in [0.2, 0.25) is 10.0 Å². The molecule has 0 aromatic heterocycles. The van der Waals surface area contributed by atoms with E-state index in [1.54, 1.807) is 12.1 Å². The largest absolute Gasteiger partial charge is 0.533 e. The molecule has 0 saturated carbocycles. The summed E-state index contributed by atoms with van der Waals surface area (Å²) in [5, 5.41) is 3.39. The summed E-state index contributed by atoms with van der Waals surface area (Å²) in [6.07, 6.45) is 2.58. The van der Waals surface area contributed by atoms with E-state index < -0.39 is 24.4 Å². The van der Waals surface area contributed by atoms with Gasteiger partial charge in [-0.2, -0.15) is 0 Å². The molecule has 1 aliphatic heterocycles. The van der Waals surface area contributed by atoms with Crippen molar-refractivity contribution in [3.63, 3.8) is 0 Å². The maximum atomic E-state index is 13.9. The van der Waals surface area contributed by atoms with Gasteiger partial charge in [-0.05, 0) is 58.2 Å². The van der Waals surface area contributed by atoms with E-state index in [1.807, 2.05) is 67.6 Å². The predicted molar refractivity (Wildman–Crippen MR) is 183 cm³/mol. The van der Waals surface area contributed by atoms with Gasteiger partial charge in [-0.3, -0.25) is 0 Å². The molecule has 0 saturated heterocycles. The summed E-state index contributed by atoms with van der Waals surface area (Å²) in [5.74, 6) is 0.667. The Kier molecular flexibility index (Phi) is 8.87. The summed E-state index contributed by atoms with van der Waals surface area (Å²) >= 11 is 6.51. The van der Waals surface area contributed by atoms with E-state index in [2.05, 4.69) is 77.5 Å². The maximum Gasteiger partial charge on any atom is 0.347 e. The zero-order valence-electron chi connectivity index (χ0n) is 24.4. The van der Waals surface area contributed by atoms with Gasteiger partial charge < -0.3 is 4.43 Å². The number of fused-ring (bicyclic) bond motifs is 1. The van der Waals surface area contributed by atoms with Crippen LogP contribution in [0, 0.1) is 12.8 Å². The SMILES string of the molecule is Cc1ccc(S(=O)(=O)N[C@@H](c2ccccc2)[C@@H](CCCl)C2=Cc3ccccc3[Si](c3ccccc3)(c3ccccc3)O2)cc1. The second-order valence-electron chi connectivity index (χ2n) is 11.1. The summed E-state index contributed by atoms with van der Waals surface area (Å²) in [5.41, 5.74) is 2.90. The molecule has 1 aliphatic rings. The van der Waals surface area contributed by atoms with Crippen LogP contribution in [-0.4, -0.2) is 22.6 Å². The van der Waals surface area contributed by atoms with Gasteiger partial charge in [-0.15, -0.1) is 11.6 Å². The fourth-order valence-corrected chi connectivity index (χ4v) is 11.6. The minimum absolute atomic E-state index is 0.217. The Morgan fingerprint density at radius 3 is 1.86 bits per heavy atom. The Balaban J connectivity index is 1.54. The fraction of sp³-hybridized carbons (Fsp3) is 0.135. The van der Waals surface area contributed by atoms with Gasteiger partial charge in [0.05, 0.1) is 16.7 Å². The van der Waals surface area contributed by atoms with Gasteiger partial charge in [-0.1, -0.05) is 133 Å². The quantitative estimate of drug-likeness (QED) is 0.145. The number of halogens is 1.